The minimum atomic E-state index is -3.85. The van der Waals surface area contributed by atoms with Gasteiger partial charge < -0.3 is 5.73 Å². The molecular formula is C14H13FN2O2S2. The SMILES string of the molecule is Cc1cccc(S(=O)(=O)Nc2ccc(C(N)=S)cc2F)c1. The van der Waals surface area contributed by atoms with E-state index in [9.17, 15) is 12.8 Å². The molecule has 0 aliphatic carbocycles. The topological polar surface area (TPSA) is 72.2 Å². The van der Waals surface area contributed by atoms with Crippen LogP contribution >= 0.6 is 12.2 Å². The van der Waals surface area contributed by atoms with Crippen LogP contribution < -0.4 is 10.5 Å². The number of rotatable bonds is 4. The molecule has 0 heterocycles. The lowest BCUT2D eigenvalue weighted by molar-refractivity contribution is 0.598. The number of nitrogens with one attached hydrogen (secondary N) is 1. The highest BCUT2D eigenvalue weighted by Gasteiger charge is 2.16. The van der Waals surface area contributed by atoms with Crippen LogP contribution in [0.2, 0.25) is 0 Å². The molecule has 2 aromatic rings. The molecule has 0 saturated carbocycles. The van der Waals surface area contributed by atoms with Gasteiger partial charge in [0.15, 0.2) is 0 Å². The van der Waals surface area contributed by atoms with Gasteiger partial charge in [0.1, 0.15) is 10.8 Å². The van der Waals surface area contributed by atoms with E-state index < -0.39 is 15.8 Å². The number of anilines is 1. The minimum absolute atomic E-state index is 0.0435. The highest BCUT2D eigenvalue weighted by Crippen LogP contribution is 2.20. The molecule has 0 fully saturated rings. The number of halogens is 1. The summed E-state index contributed by atoms with van der Waals surface area (Å²) >= 11 is 4.74. The molecular weight excluding hydrogens is 311 g/mol. The van der Waals surface area contributed by atoms with Crippen LogP contribution in [0.3, 0.4) is 0 Å². The first-order valence-corrected chi connectivity index (χ1v) is 7.87. The minimum Gasteiger partial charge on any atom is -0.389 e. The summed E-state index contributed by atoms with van der Waals surface area (Å²) in [6, 6.07) is 10.2. The second-order valence-electron chi connectivity index (χ2n) is 4.48. The lowest BCUT2D eigenvalue weighted by atomic mass is 10.2. The van der Waals surface area contributed by atoms with E-state index in [1.807, 2.05) is 0 Å². The van der Waals surface area contributed by atoms with Gasteiger partial charge in [-0.1, -0.05) is 24.4 Å². The molecule has 21 heavy (non-hydrogen) atoms. The molecule has 2 rings (SSSR count). The van der Waals surface area contributed by atoms with E-state index in [-0.39, 0.29) is 15.6 Å². The summed E-state index contributed by atoms with van der Waals surface area (Å²) in [7, 11) is -3.85. The smallest absolute Gasteiger partial charge is 0.261 e. The summed E-state index contributed by atoms with van der Waals surface area (Å²) in [4.78, 5) is 0.113. The first kappa shape index (κ1) is 15.4. The molecule has 7 heteroatoms. The maximum absolute atomic E-state index is 13.9. The lowest BCUT2D eigenvalue weighted by Gasteiger charge is -2.10. The van der Waals surface area contributed by atoms with Crippen molar-refractivity contribution >= 4 is 32.9 Å². The Kier molecular flexibility index (Phi) is 4.24. The number of nitrogens with two attached hydrogens (primary N) is 1. The normalized spacial score (nSPS) is 11.1. The molecule has 0 unspecified atom stereocenters. The van der Waals surface area contributed by atoms with E-state index in [2.05, 4.69) is 4.72 Å². The van der Waals surface area contributed by atoms with E-state index in [4.69, 9.17) is 18.0 Å². The second kappa shape index (κ2) is 5.79. The maximum atomic E-state index is 13.9. The van der Waals surface area contributed by atoms with Gasteiger partial charge in [0.05, 0.1) is 10.6 Å². The van der Waals surface area contributed by atoms with Crippen molar-refractivity contribution in [3.63, 3.8) is 0 Å². The molecule has 0 aromatic heterocycles. The predicted octanol–water partition coefficient (Wildman–Crippen LogP) is 2.57. The van der Waals surface area contributed by atoms with E-state index in [0.717, 1.165) is 11.6 Å². The van der Waals surface area contributed by atoms with Crippen LogP contribution in [0.5, 0.6) is 0 Å². The van der Waals surface area contributed by atoms with Crippen LogP contribution in [0.4, 0.5) is 10.1 Å². The van der Waals surface area contributed by atoms with Crippen LogP contribution in [0.1, 0.15) is 11.1 Å². The molecule has 0 radical (unpaired) electrons. The highest BCUT2D eigenvalue weighted by molar-refractivity contribution is 7.92. The third-order valence-electron chi connectivity index (χ3n) is 2.80. The molecule has 3 N–H and O–H groups in total. The van der Waals surface area contributed by atoms with Crippen LogP contribution in [-0.4, -0.2) is 13.4 Å². The molecule has 2 aromatic carbocycles. The van der Waals surface area contributed by atoms with Gasteiger partial charge in [0, 0.05) is 5.56 Å². The Bertz CT molecular complexity index is 804. The number of hydrogen-bond donors (Lipinski definition) is 2. The Morgan fingerprint density at radius 2 is 1.95 bits per heavy atom. The summed E-state index contributed by atoms with van der Waals surface area (Å²) in [5.41, 5.74) is 6.37. The number of hydrogen-bond acceptors (Lipinski definition) is 3. The van der Waals surface area contributed by atoms with E-state index in [1.165, 1.54) is 24.3 Å². The number of sulfonamides is 1. The number of thiocarbonyl (C=S) groups is 1. The second-order valence-corrected chi connectivity index (χ2v) is 6.60. The van der Waals surface area contributed by atoms with Crippen molar-refractivity contribution in [2.24, 2.45) is 5.73 Å². The van der Waals surface area contributed by atoms with Gasteiger partial charge in [-0.2, -0.15) is 0 Å². The molecule has 0 bridgehead atoms. The Labute approximate surface area is 127 Å². The molecule has 0 aliphatic rings. The molecule has 0 aliphatic heterocycles. The first-order chi connectivity index (χ1) is 9.79. The van der Waals surface area contributed by atoms with Gasteiger partial charge in [0.25, 0.3) is 10.0 Å². The van der Waals surface area contributed by atoms with Gasteiger partial charge >= 0.3 is 0 Å². The summed E-state index contributed by atoms with van der Waals surface area (Å²) in [6.07, 6.45) is 0. The Morgan fingerprint density at radius 1 is 1.24 bits per heavy atom. The van der Waals surface area contributed by atoms with Gasteiger partial charge in [-0.25, -0.2) is 12.8 Å². The van der Waals surface area contributed by atoms with Crippen molar-refractivity contribution in [1.29, 1.82) is 0 Å². The molecule has 110 valence electrons. The third-order valence-corrected chi connectivity index (χ3v) is 4.40. The average Bonchev–Trinajstić information content (AvgIpc) is 2.40. The maximum Gasteiger partial charge on any atom is 0.261 e. The van der Waals surface area contributed by atoms with Crippen LogP contribution in [0.25, 0.3) is 0 Å². The predicted molar refractivity (Wildman–Crippen MR) is 84.3 cm³/mol. The highest BCUT2D eigenvalue weighted by atomic mass is 32.2. The van der Waals surface area contributed by atoms with Gasteiger partial charge in [-0.15, -0.1) is 0 Å². The zero-order chi connectivity index (χ0) is 15.6. The fourth-order valence-corrected chi connectivity index (χ4v) is 3.04. The first-order valence-electron chi connectivity index (χ1n) is 5.98. The summed E-state index contributed by atoms with van der Waals surface area (Å²) in [6.45, 7) is 1.77. The Hall–Kier alpha value is -1.99. The van der Waals surface area contributed by atoms with Crippen molar-refractivity contribution < 1.29 is 12.8 Å². The third kappa shape index (κ3) is 3.56. The lowest BCUT2D eigenvalue weighted by Crippen LogP contribution is -2.15. The summed E-state index contributed by atoms with van der Waals surface area (Å²) in [5, 5.41) is 0. The van der Waals surface area contributed by atoms with Crippen LogP contribution in [0, 0.1) is 12.7 Å². The van der Waals surface area contributed by atoms with Crippen molar-refractivity contribution in [2.45, 2.75) is 11.8 Å². The number of aryl methyl sites for hydroxylation is 1. The van der Waals surface area contributed by atoms with Crippen LogP contribution in [-0.2, 0) is 10.0 Å². The van der Waals surface area contributed by atoms with Gasteiger partial charge in [-0.05, 0) is 42.8 Å². The largest absolute Gasteiger partial charge is 0.389 e. The number of benzene rings is 2. The molecule has 0 amide bonds. The molecule has 4 nitrogen and oxygen atoms in total. The van der Waals surface area contributed by atoms with Gasteiger partial charge in [0.2, 0.25) is 0 Å². The van der Waals surface area contributed by atoms with Crippen molar-refractivity contribution in [3.05, 3.63) is 59.4 Å². The molecule has 0 spiro atoms. The standard InChI is InChI=1S/C14H13FN2O2S2/c1-9-3-2-4-11(7-9)21(18,19)17-13-6-5-10(14(16)20)8-12(13)15/h2-8,17H,1H3,(H2,16,20). The van der Waals surface area contributed by atoms with E-state index >= 15 is 0 Å². The fraction of sp³-hybridized carbons (Fsp3) is 0.0714. The Morgan fingerprint density at radius 3 is 2.52 bits per heavy atom. The fourth-order valence-electron chi connectivity index (χ4n) is 1.74. The van der Waals surface area contributed by atoms with Crippen molar-refractivity contribution in [3.8, 4) is 0 Å². The average molecular weight is 324 g/mol. The summed E-state index contributed by atoms with van der Waals surface area (Å²) in [5.74, 6) is -0.739. The van der Waals surface area contributed by atoms with Gasteiger partial charge in [-0.3, -0.25) is 4.72 Å². The Balaban J connectivity index is 2.35. The molecule has 0 saturated heterocycles. The summed E-state index contributed by atoms with van der Waals surface area (Å²) < 4.78 is 40.5. The van der Waals surface area contributed by atoms with Crippen molar-refractivity contribution in [1.82, 2.24) is 0 Å². The van der Waals surface area contributed by atoms with E-state index in [1.54, 1.807) is 19.1 Å². The zero-order valence-corrected chi connectivity index (χ0v) is 12.8. The monoisotopic (exact) mass is 324 g/mol. The van der Waals surface area contributed by atoms with Crippen LogP contribution in [0.15, 0.2) is 47.4 Å². The van der Waals surface area contributed by atoms with Crippen molar-refractivity contribution in [2.75, 3.05) is 4.72 Å². The van der Waals surface area contributed by atoms with E-state index in [0.29, 0.717) is 5.56 Å². The zero-order valence-electron chi connectivity index (χ0n) is 11.1. The quantitative estimate of drug-likeness (QED) is 0.848. The molecule has 0 atom stereocenters.